The highest BCUT2D eigenvalue weighted by molar-refractivity contribution is 5.88. The molecular formula is C78H110O12. The maximum Gasteiger partial charge on any atom is 0.331 e. The summed E-state index contributed by atoms with van der Waals surface area (Å²) in [6, 6.07) is 27.1. The quantitative estimate of drug-likeness (QED) is 0.0546. The number of hydrogen-bond acceptors (Lipinski definition) is 8. The lowest BCUT2D eigenvalue weighted by Crippen LogP contribution is -2.18. The molecule has 0 aromatic heterocycles. The monoisotopic (exact) mass is 1240 g/mol. The summed E-state index contributed by atoms with van der Waals surface area (Å²) in [4.78, 5) is 43.9. The van der Waals surface area contributed by atoms with E-state index in [1.807, 2.05) is 251 Å². The molecule has 0 radical (unpaired) electrons. The third-order valence-electron chi connectivity index (χ3n) is 14.7. The topological polar surface area (TPSA) is 230 Å². The van der Waals surface area contributed by atoms with E-state index in [2.05, 4.69) is 26.3 Å². The summed E-state index contributed by atoms with van der Waals surface area (Å²) in [5, 5.41) is 78.4. The van der Waals surface area contributed by atoms with Gasteiger partial charge in [0.1, 0.15) is 23.0 Å². The molecule has 12 nitrogen and oxygen atoms in total. The maximum atomic E-state index is 11.0. The molecule has 0 aliphatic heterocycles. The van der Waals surface area contributed by atoms with Crippen LogP contribution in [0.3, 0.4) is 0 Å². The van der Waals surface area contributed by atoms with E-state index in [4.69, 9.17) is 20.4 Å². The fourth-order valence-electron chi connectivity index (χ4n) is 9.43. The fraction of sp³-hybridized carbons (Fsp3) is 0.462. The Kier molecular flexibility index (Phi) is 27.4. The number of aliphatic carboxylic acids is 4. The van der Waals surface area contributed by atoms with Crippen molar-refractivity contribution in [2.75, 3.05) is 0 Å². The average molecular weight is 1240 g/mol. The van der Waals surface area contributed by atoms with Gasteiger partial charge in [-0.2, -0.15) is 0 Å². The van der Waals surface area contributed by atoms with Crippen molar-refractivity contribution < 1.29 is 60.0 Å². The van der Waals surface area contributed by atoms with Crippen LogP contribution in [0, 0.1) is 0 Å². The van der Waals surface area contributed by atoms with Gasteiger partial charge >= 0.3 is 23.9 Å². The number of carboxylic acid groups (broad SMARTS) is 4. The lowest BCUT2D eigenvalue weighted by molar-refractivity contribution is -0.133. The molecule has 494 valence electrons. The third-order valence-corrected chi connectivity index (χ3v) is 14.7. The first kappa shape index (κ1) is 80.2. The van der Waals surface area contributed by atoms with E-state index >= 15 is 0 Å². The van der Waals surface area contributed by atoms with Crippen LogP contribution in [0.2, 0.25) is 0 Å². The maximum absolute atomic E-state index is 11.0. The Hall–Kier alpha value is -7.86. The summed E-state index contributed by atoms with van der Waals surface area (Å²) in [6.07, 6.45) is 1.12. The minimum absolute atomic E-state index is 0.153. The van der Waals surface area contributed by atoms with Crippen molar-refractivity contribution in [3.05, 3.63) is 200 Å². The van der Waals surface area contributed by atoms with Gasteiger partial charge in [-0.25, -0.2) is 19.2 Å². The zero-order valence-corrected chi connectivity index (χ0v) is 59.0. The van der Waals surface area contributed by atoms with Crippen LogP contribution in [0.5, 0.6) is 23.0 Å². The number of carbonyl (C=O) groups is 4. The summed E-state index contributed by atoms with van der Waals surface area (Å²) in [7, 11) is 0. The Balaban J connectivity index is 0.000000580. The normalized spacial score (nSPS) is 12.0. The largest absolute Gasteiger partial charge is 0.507 e. The summed E-state index contributed by atoms with van der Waals surface area (Å²) in [6.45, 7) is 63.1. The van der Waals surface area contributed by atoms with E-state index in [0.29, 0.717) is 23.0 Å². The first-order valence-corrected chi connectivity index (χ1v) is 30.5. The Morgan fingerprint density at radius 1 is 0.256 bits per heavy atom. The van der Waals surface area contributed by atoms with Crippen molar-refractivity contribution in [3.63, 3.8) is 0 Å². The lowest BCUT2D eigenvalue weighted by atomic mass is 9.78. The summed E-state index contributed by atoms with van der Waals surface area (Å²) in [5.74, 6) is -2.73. The van der Waals surface area contributed by atoms with Crippen molar-refractivity contribution in [1.29, 1.82) is 0 Å². The van der Waals surface area contributed by atoms with E-state index in [9.17, 15) is 39.6 Å². The van der Waals surface area contributed by atoms with Gasteiger partial charge in [-0.15, -0.1) is 0 Å². The van der Waals surface area contributed by atoms with Gasteiger partial charge in [-0.05, 0) is 110 Å². The molecule has 5 aromatic rings. The van der Waals surface area contributed by atoms with E-state index in [1.54, 1.807) is 0 Å². The number of rotatable bonds is 12. The average Bonchev–Trinajstić information content (AvgIpc) is 0.868. The van der Waals surface area contributed by atoms with Crippen molar-refractivity contribution >= 4 is 23.9 Å². The zero-order valence-electron chi connectivity index (χ0n) is 59.0. The minimum atomic E-state index is -0.988. The van der Waals surface area contributed by atoms with E-state index in [0.717, 1.165) is 66.8 Å². The first-order chi connectivity index (χ1) is 40.3. The number of phenolic OH excluding ortho intramolecular Hbond substituents is 4. The van der Waals surface area contributed by atoms with Crippen molar-refractivity contribution in [2.24, 2.45) is 0 Å². The molecule has 0 spiro atoms. The number of carboxylic acids is 4. The lowest BCUT2D eigenvalue weighted by Gasteiger charge is -2.28. The Morgan fingerprint density at radius 2 is 0.356 bits per heavy atom. The smallest absolute Gasteiger partial charge is 0.331 e. The van der Waals surface area contributed by atoms with Gasteiger partial charge in [0.2, 0.25) is 0 Å². The second-order valence-corrected chi connectivity index (χ2v) is 31.7. The molecule has 90 heavy (non-hydrogen) atoms. The van der Waals surface area contributed by atoms with Crippen LogP contribution in [0.4, 0.5) is 0 Å². The van der Waals surface area contributed by atoms with Crippen molar-refractivity contribution in [2.45, 2.75) is 235 Å². The van der Waals surface area contributed by atoms with Gasteiger partial charge in [-0.1, -0.05) is 277 Å². The highest BCUT2D eigenvalue weighted by Gasteiger charge is 2.31. The number of benzene rings is 5. The molecule has 0 aliphatic rings. The Bertz CT molecular complexity index is 2800. The molecule has 5 rings (SSSR count). The molecule has 0 fully saturated rings. The van der Waals surface area contributed by atoms with Crippen LogP contribution < -0.4 is 0 Å². The highest BCUT2D eigenvalue weighted by Crippen LogP contribution is 2.44. The third kappa shape index (κ3) is 24.8. The molecule has 8 N–H and O–H groups in total. The van der Waals surface area contributed by atoms with Crippen LogP contribution in [0.15, 0.2) is 134 Å². The predicted octanol–water partition coefficient (Wildman–Crippen LogP) is 18.4. The summed E-state index contributed by atoms with van der Waals surface area (Å²) >= 11 is 0. The molecule has 12 heteroatoms. The van der Waals surface area contributed by atoms with Gasteiger partial charge in [0.15, 0.2) is 0 Å². The molecule has 0 saturated heterocycles. The second-order valence-electron chi connectivity index (χ2n) is 31.7. The van der Waals surface area contributed by atoms with Crippen LogP contribution in [-0.2, 0) is 88.2 Å². The number of hydrogen-bond donors (Lipinski definition) is 8. The Labute approximate surface area is 539 Å². The Morgan fingerprint density at radius 3 is 0.433 bits per heavy atom. The molecule has 0 amide bonds. The van der Waals surface area contributed by atoms with Gasteiger partial charge in [0.05, 0.1) is 0 Å². The summed E-state index contributed by atoms with van der Waals surface area (Å²) in [5.41, 5.74) is 9.04. The minimum Gasteiger partial charge on any atom is -0.507 e. The van der Waals surface area contributed by atoms with Crippen molar-refractivity contribution in [3.8, 4) is 23.0 Å². The number of phenols is 4. The molecular weight excluding hydrogens is 1130 g/mol. The predicted molar refractivity (Wildman–Crippen MR) is 370 cm³/mol. The number of aromatic hydroxyl groups is 4. The van der Waals surface area contributed by atoms with E-state index < -0.39 is 23.9 Å². The van der Waals surface area contributed by atoms with Crippen LogP contribution in [0.25, 0.3) is 0 Å². The van der Waals surface area contributed by atoms with Gasteiger partial charge in [0.25, 0.3) is 0 Å². The highest BCUT2D eigenvalue weighted by atomic mass is 16.4. The molecule has 0 aliphatic carbocycles. The molecule has 0 heterocycles. The van der Waals surface area contributed by atoms with Crippen LogP contribution in [-0.4, -0.2) is 64.7 Å². The molecule has 0 saturated carbocycles. The van der Waals surface area contributed by atoms with Crippen molar-refractivity contribution in [1.82, 2.24) is 0 Å². The first-order valence-electron chi connectivity index (χ1n) is 30.5. The zero-order chi connectivity index (χ0) is 70.6. The molecule has 5 aromatic carbocycles. The van der Waals surface area contributed by atoms with Crippen LogP contribution in [0.1, 0.15) is 233 Å². The second kappa shape index (κ2) is 30.8. The van der Waals surface area contributed by atoms with Gasteiger partial charge < -0.3 is 40.9 Å². The van der Waals surface area contributed by atoms with E-state index in [1.165, 1.54) is 0 Å². The van der Waals surface area contributed by atoms with Crippen LogP contribution >= 0.6 is 0 Å². The fourth-order valence-corrected chi connectivity index (χ4v) is 9.43. The molecule has 0 bridgehead atoms. The standard InChI is InChI=1S/4C18H26O3.C6H6/c4*1-11(16(20)21)8-12-9-13(17(2,3)4)15(19)14(10-12)18(5,6)7;1-2-4-6-5-3-1/h4*9-10,19H,1,8H2,2-7H3,(H,20,21);1-6H. The van der Waals surface area contributed by atoms with Gasteiger partial charge in [-0.3, -0.25) is 0 Å². The SMILES string of the molecule is C=C(Cc1cc(C(C)(C)C)c(O)c(C(C)(C)C)c1)C(=O)O.C=C(Cc1cc(C(C)(C)C)c(O)c(C(C)(C)C)c1)C(=O)O.C=C(Cc1cc(C(C)(C)C)c(O)c(C(C)(C)C)c1)C(=O)O.C=C(Cc1cc(C(C)(C)C)c(O)c(C(C)(C)C)c1)C(=O)O.c1ccccc1. The van der Waals surface area contributed by atoms with E-state index in [-0.39, 0.29) is 91.3 Å². The van der Waals surface area contributed by atoms with Gasteiger partial charge in [0, 0.05) is 48.0 Å². The molecule has 0 unspecified atom stereocenters. The summed E-state index contributed by atoms with van der Waals surface area (Å²) < 4.78 is 0. The molecule has 0 atom stereocenters.